The molecule has 1 aromatic rings. The van der Waals surface area contributed by atoms with Crippen LogP contribution < -0.4 is 4.74 Å². The smallest absolute Gasteiger partial charge is 0.406 e. The van der Waals surface area contributed by atoms with Gasteiger partial charge in [-0.15, -0.1) is 13.2 Å². The van der Waals surface area contributed by atoms with Crippen LogP contribution in [-0.2, 0) is 9.84 Å². The molecule has 0 aliphatic rings. The Bertz CT molecular complexity index is 448. The van der Waals surface area contributed by atoms with E-state index < -0.39 is 21.9 Å². The lowest BCUT2D eigenvalue weighted by molar-refractivity contribution is -0.274. The normalized spacial score (nSPS) is 12.5. The van der Waals surface area contributed by atoms with E-state index in [-0.39, 0.29) is 5.56 Å². The molecule has 7 heteroatoms. The first-order valence-corrected chi connectivity index (χ1v) is 6.02. The maximum Gasteiger partial charge on any atom is 0.573 e. The fourth-order valence-electron chi connectivity index (χ4n) is 0.995. The average Bonchev–Trinajstić information content (AvgIpc) is 2.03. The van der Waals surface area contributed by atoms with E-state index in [9.17, 15) is 21.6 Å². The van der Waals surface area contributed by atoms with Crippen molar-refractivity contribution in [2.24, 2.45) is 0 Å². The Morgan fingerprint density at radius 3 is 2.06 bits per heavy atom. The van der Waals surface area contributed by atoms with Crippen molar-refractivity contribution < 1.29 is 26.3 Å². The molecule has 0 saturated carbocycles. The standard InChI is InChI=1S/C9H8F3O3S/c1-16(13,14)6-7-2-4-8(5-3-7)15-9(10,11)12/h2-6H,1H3. The summed E-state index contributed by atoms with van der Waals surface area (Å²) in [6.07, 6.45) is -3.75. The van der Waals surface area contributed by atoms with Crippen LogP contribution in [0.1, 0.15) is 5.56 Å². The predicted molar refractivity (Wildman–Crippen MR) is 51.4 cm³/mol. The van der Waals surface area contributed by atoms with Gasteiger partial charge in [-0.3, -0.25) is 0 Å². The molecule has 1 aromatic carbocycles. The van der Waals surface area contributed by atoms with Gasteiger partial charge in [-0.2, -0.15) is 0 Å². The topological polar surface area (TPSA) is 43.4 Å². The summed E-state index contributed by atoms with van der Waals surface area (Å²) in [6, 6.07) is 4.54. The molecular formula is C9H8F3O3S. The summed E-state index contributed by atoms with van der Waals surface area (Å²) in [6.45, 7) is 0. The Morgan fingerprint density at radius 1 is 1.19 bits per heavy atom. The van der Waals surface area contributed by atoms with E-state index in [1.165, 1.54) is 12.1 Å². The molecule has 89 valence electrons. The Kier molecular flexibility index (Phi) is 3.47. The molecular weight excluding hydrogens is 245 g/mol. The van der Waals surface area contributed by atoms with Crippen LogP contribution in [-0.4, -0.2) is 21.0 Å². The van der Waals surface area contributed by atoms with Crippen LogP contribution >= 0.6 is 0 Å². The van der Waals surface area contributed by atoms with Crippen LogP contribution in [0.5, 0.6) is 5.75 Å². The summed E-state index contributed by atoms with van der Waals surface area (Å²) in [5, 5.41) is 0. The van der Waals surface area contributed by atoms with E-state index >= 15 is 0 Å². The van der Waals surface area contributed by atoms with Gasteiger partial charge >= 0.3 is 6.36 Å². The molecule has 0 aliphatic heterocycles. The molecule has 3 nitrogen and oxygen atoms in total. The zero-order chi connectivity index (χ0) is 12.4. The van der Waals surface area contributed by atoms with Gasteiger partial charge in [0.2, 0.25) is 0 Å². The molecule has 0 fully saturated rings. The van der Waals surface area contributed by atoms with Gasteiger partial charge in [-0.05, 0) is 17.7 Å². The Hall–Kier alpha value is -1.24. The van der Waals surface area contributed by atoms with Crippen LogP contribution in [0.15, 0.2) is 24.3 Å². The van der Waals surface area contributed by atoms with Gasteiger partial charge < -0.3 is 4.74 Å². The van der Waals surface area contributed by atoms with Gasteiger partial charge in [-0.25, -0.2) is 8.42 Å². The van der Waals surface area contributed by atoms with Crippen LogP contribution in [0.2, 0.25) is 0 Å². The van der Waals surface area contributed by atoms with Crippen molar-refractivity contribution >= 4 is 9.84 Å². The molecule has 0 bridgehead atoms. The summed E-state index contributed by atoms with van der Waals surface area (Å²) >= 11 is 0. The summed E-state index contributed by atoms with van der Waals surface area (Å²) in [5.41, 5.74) is 0.289. The second-order valence-electron chi connectivity index (χ2n) is 3.06. The lowest BCUT2D eigenvalue weighted by atomic mass is 10.2. The fraction of sp³-hybridized carbons (Fsp3) is 0.222. The number of halogens is 3. The van der Waals surface area contributed by atoms with Crippen molar-refractivity contribution in [3.63, 3.8) is 0 Å². The summed E-state index contributed by atoms with van der Waals surface area (Å²) in [5.74, 6) is 0.558. The maximum atomic E-state index is 11.8. The van der Waals surface area contributed by atoms with Gasteiger partial charge in [0.05, 0.1) is 0 Å². The minimum Gasteiger partial charge on any atom is -0.406 e. The Morgan fingerprint density at radius 2 is 1.69 bits per heavy atom. The van der Waals surface area contributed by atoms with E-state index in [1.54, 1.807) is 0 Å². The van der Waals surface area contributed by atoms with E-state index in [0.717, 1.165) is 24.1 Å². The zero-order valence-corrected chi connectivity index (χ0v) is 8.97. The van der Waals surface area contributed by atoms with Gasteiger partial charge in [0.1, 0.15) is 11.5 Å². The number of alkyl halides is 3. The molecule has 0 spiro atoms. The van der Waals surface area contributed by atoms with Gasteiger partial charge in [0.25, 0.3) is 0 Å². The van der Waals surface area contributed by atoms with Crippen molar-refractivity contribution in [1.29, 1.82) is 0 Å². The van der Waals surface area contributed by atoms with Crippen molar-refractivity contribution in [3.05, 3.63) is 35.6 Å². The number of benzene rings is 1. The molecule has 0 saturated heterocycles. The van der Waals surface area contributed by atoms with Crippen molar-refractivity contribution in [1.82, 2.24) is 0 Å². The highest BCUT2D eigenvalue weighted by Gasteiger charge is 2.30. The first-order chi connectivity index (χ1) is 7.16. The third-order valence-electron chi connectivity index (χ3n) is 1.46. The third kappa shape index (κ3) is 5.01. The second-order valence-corrected chi connectivity index (χ2v) is 4.96. The molecule has 1 rings (SSSR count). The molecule has 16 heavy (non-hydrogen) atoms. The third-order valence-corrected chi connectivity index (χ3v) is 2.16. The minimum absolute atomic E-state index is 0.289. The first kappa shape index (κ1) is 12.8. The zero-order valence-electron chi connectivity index (χ0n) is 8.15. The molecule has 1 radical (unpaired) electrons. The van der Waals surface area contributed by atoms with Crippen molar-refractivity contribution in [2.45, 2.75) is 6.36 Å². The summed E-state index contributed by atoms with van der Waals surface area (Å²) in [4.78, 5) is 0. The molecule has 0 unspecified atom stereocenters. The van der Waals surface area contributed by atoms with Gasteiger partial charge in [0, 0.05) is 6.26 Å². The largest absolute Gasteiger partial charge is 0.573 e. The number of hydrogen-bond donors (Lipinski definition) is 0. The minimum atomic E-state index is -4.75. The second kappa shape index (κ2) is 4.32. The van der Waals surface area contributed by atoms with Crippen LogP contribution in [0.3, 0.4) is 0 Å². The molecule has 0 atom stereocenters. The first-order valence-electron chi connectivity index (χ1n) is 4.06. The van der Waals surface area contributed by atoms with Crippen molar-refractivity contribution in [2.75, 3.05) is 6.26 Å². The SMILES string of the molecule is CS(=O)(=O)[CH]c1ccc(OC(F)(F)F)cc1. The van der Waals surface area contributed by atoms with E-state index in [0.29, 0.717) is 0 Å². The molecule has 0 heterocycles. The highest BCUT2D eigenvalue weighted by molar-refractivity contribution is 7.92. The molecule has 0 N–H and O–H groups in total. The number of rotatable bonds is 3. The lowest BCUT2D eigenvalue weighted by Gasteiger charge is -2.08. The van der Waals surface area contributed by atoms with Crippen molar-refractivity contribution in [3.8, 4) is 5.75 Å². The Labute approximate surface area is 90.8 Å². The van der Waals surface area contributed by atoms with E-state index in [4.69, 9.17) is 0 Å². The molecule has 0 aliphatic carbocycles. The maximum absolute atomic E-state index is 11.8. The highest BCUT2D eigenvalue weighted by Crippen LogP contribution is 2.23. The predicted octanol–water partition coefficient (Wildman–Crippen LogP) is 2.14. The summed E-state index contributed by atoms with van der Waals surface area (Å²) < 4.78 is 60.7. The van der Waals surface area contributed by atoms with Gasteiger partial charge in [-0.1, -0.05) is 12.1 Å². The number of hydrogen-bond acceptors (Lipinski definition) is 3. The average molecular weight is 253 g/mol. The number of ether oxygens (including phenoxy) is 1. The van der Waals surface area contributed by atoms with E-state index in [1.807, 2.05) is 0 Å². The Balaban J connectivity index is 2.76. The van der Waals surface area contributed by atoms with Crippen LogP contribution in [0, 0.1) is 5.75 Å². The highest BCUT2D eigenvalue weighted by atomic mass is 32.2. The molecule has 0 aromatic heterocycles. The summed E-state index contributed by atoms with van der Waals surface area (Å²) in [7, 11) is -3.31. The lowest BCUT2D eigenvalue weighted by Crippen LogP contribution is -2.17. The quantitative estimate of drug-likeness (QED) is 0.828. The van der Waals surface area contributed by atoms with E-state index in [2.05, 4.69) is 4.74 Å². The number of sulfone groups is 1. The van der Waals surface area contributed by atoms with Crippen LogP contribution in [0.4, 0.5) is 13.2 Å². The van der Waals surface area contributed by atoms with Gasteiger partial charge in [0.15, 0.2) is 9.84 Å². The molecule has 0 amide bonds. The van der Waals surface area contributed by atoms with Crippen LogP contribution in [0.25, 0.3) is 0 Å². The fourth-order valence-corrected chi connectivity index (χ4v) is 1.65. The monoisotopic (exact) mass is 253 g/mol.